The van der Waals surface area contributed by atoms with Crippen LogP contribution in [0.25, 0.3) is 0 Å². The smallest absolute Gasteiger partial charge is 0.321 e. The average molecular weight is 418 g/mol. The van der Waals surface area contributed by atoms with Gasteiger partial charge in [-0.2, -0.15) is 0 Å². The number of phenolic OH excluding ortho intramolecular Hbond substituents is 1. The third kappa shape index (κ3) is 5.09. The van der Waals surface area contributed by atoms with Crippen LogP contribution in [0.1, 0.15) is 11.1 Å². The molecule has 0 aromatic heterocycles. The van der Waals surface area contributed by atoms with Gasteiger partial charge in [0.05, 0.1) is 7.11 Å². The molecule has 160 valence electrons. The van der Waals surface area contributed by atoms with Crippen LogP contribution in [0.5, 0.6) is 11.5 Å². The van der Waals surface area contributed by atoms with Gasteiger partial charge in [0.25, 0.3) is 0 Å². The second kappa shape index (κ2) is 9.43. The van der Waals surface area contributed by atoms with Gasteiger partial charge in [-0.3, -0.25) is 0 Å². The number of ether oxygens (including phenoxy) is 1. The lowest BCUT2D eigenvalue weighted by atomic mass is 10.0. The minimum absolute atomic E-state index is 0.105. The van der Waals surface area contributed by atoms with Gasteiger partial charge in [0.1, 0.15) is 11.5 Å². The maximum Gasteiger partial charge on any atom is 0.321 e. The summed E-state index contributed by atoms with van der Waals surface area (Å²) in [4.78, 5) is 16.8. The molecular formula is C25H27N3O3. The van der Waals surface area contributed by atoms with Crippen molar-refractivity contribution in [1.82, 2.24) is 4.90 Å². The van der Waals surface area contributed by atoms with Gasteiger partial charge in [0.2, 0.25) is 0 Å². The molecule has 1 heterocycles. The van der Waals surface area contributed by atoms with E-state index in [-0.39, 0.29) is 11.8 Å². The fourth-order valence-corrected chi connectivity index (χ4v) is 3.87. The number of methoxy groups -OCH3 is 1. The lowest BCUT2D eigenvalue weighted by Gasteiger charge is -2.36. The number of carbonyl (C=O) groups is 1. The van der Waals surface area contributed by atoms with Crippen LogP contribution in [-0.4, -0.2) is 49.3 Å². The molecule has 1 aliphatic heterocycles. The van der Waals surface area contributed by atoms with Gasteiger partial charge in [-0.1, -0.05) is 36.4 Å². The topological polar surface area (TPSA) is 65.0 Å². The van der Waals surface area contributed by atoms with Crippen molar-refractivity contribution in [2.24, 2.45) is 0 Å². The second-order valence-electron chi connectivity index (χ2n) is 7.61. The molecule has 6 nitrogen and oxygen atoms in total. The van der Waals surface area contributed by atoms with Gasteiger partial charge >= 0.3 is 6.03 Å². The minimum atomic E-state index is -0.105. The van der Waals surface area contributed by atoms with Gasteiger partial charge in [-0.25, -0.2) is 4.79 Å². The van der Waals surface area contributed by atoms with Crippen LogP contribution >= 0.6 is 0 Å². The zero-order valence-corrected chi connectivity index (χ0v) is 17.6. The summed E-state index contributed by atoms with van der Waals surface area (Å²) < 4.78 is 5.51. The zero-order valence-electron chi connectivity index (χ0n) is 17.6. The number of aromatic hydroxyl groups is 1. The van der Waals surface area contributed by atoms with E-state index >= 15 is 0 Å². The first-order chi connectivity index (χ1) is 15.1. The Hall–Kier alpha value is -3.67. The first kappa shape index (κ1) is 20.6. The normalized spacial score (nSPS) is 13.7. The number of phenols is 1. The summed E-state index contributed by atoms with van der Waals surface area (Å²) in [5.74, 6) is 1.06. The summed E-state index contributed by atoms with van der Waals surface area (Å²) in [5, 5.41) is 12.7. The van der Waals surface area contributed by atoms with E-state index < -0.39 is 0 Å². The molecule has 3 aromatic carbocycles. The van der Waals surface area contributed by atoms with E-state index in [1.165, 1.54) is 5.56 Å². The van der Waals surface area contributed by atoms with E-state index in [0.29, 0.717) is 13.1 Å². The largest absolute Gasteiger partial charge is 0.508 e. The summed E-state index contributed by atoms with van der Waals surface area (Å²) in [6.07, 6.45) is 0.732. The Morgan fingerprint density at radius 3 is 2.45 bits per heavy atom. The predicted molar refractivity (Wildman–Crippen MR) is 123 cm³/mol. The Bertz CT molecular complexity index is 1030. The fourth-order valence-electron chi connectivity index (χ4n) is 3.87. The van der Waals surface area contributed by atoms with Crippen LogP contribution in [0.3, 0.4) is 0 Å². The highest BCUT2D eigenvalue weighted by Gasteiger charge is 2.22. The molecule has 1 saturated heterocycles. The van der Waals surface area contributed by atoms with Crippen molar-refractivity contribution in [1.29, 1.82) is 0 Å². The highest BCUT2D eigenvalue weighted by Crippen LogP contribution is 2.26. The van der Waals surface area contributed by atoms with Gasteiger partial charge in [0, 0.05) is 55.6 Å². The zero-order chi connectivity index (χ0) is 21.6. The van der Waals surface area contributed by atoms with Gasteiger partial charge in [0.15, 0.2) is 0 Å². The number of urea groups is 1. The van der Waals surface area contributed by atoms with Crippen LogP contribution < -0.4 is 15.0 Å². The van der Waals surface area contributed by atoms with Crippen LogP contribution in [0.2, 0.25) is 0 Å². The molecule has 31 heavy (non-hydrogen) atoms. The molecule has 0 radical (unpaired) electrons. The molecule has 0 bridgehead atoms. The molecule has 0 atom stereocenters. The third-order valence-corrected chi connectivity index (χ3v) is 5.53. The monoisotopic (exact) mass is 417 g/mol. The number of piperazine rings is 1. The maximum atomic E-state index is 12.8. The van der Waals surface area contributed by atoms with Crippen LogP contribution in [0, 0.1) is 0 Å². The van der Waals surface area contributed by atoms with Crippen molar-refractivity contribution in [3.05, 3.63) is 83.9 Å². The first-order valence-corrected chi connectivity index (χ1v) is 10.4. The fraction of sp³-hybridized carbons (Fsp3) is 0.240. The lowest BCUT2D eigenvalue weighted by molar-refractivity contribution is 0.208. The molecule has 2 amide bonds. The van der Waals surface area contributed by atoms with E-state index in [1.54, 1.807) is 19.2 Å². The van der Waals surface area contributed by atoms with E-state index in [2.05, 4.69) is 22.3 Å². The van der Waals surface area contributed by atoms with Crippen molar-refractivity contribution in [3.8, 4) is 11.5 Å². The highest BCUT2D eigenvalue weighted by molar-refractivity contribution is 5.89. The summed E-state index contributed by atoms with van der Waals surface area (Å²) in [6, 6.07) is 23.1. The predicted octanol–water partition coefficient (Wildman–Crippen LogP) is 4.35. The number of nitrogens with one attached hydrogen (secondary N) is 1. The standard InChI is InChI=1S/C25H27N3O3/c1-31-24-11-10-21(17-20(24)16-19-6-3-2-4-7-19)26-25(30)28-14-12-27(13-15-28)22-8-5-9-23(29)18-22/h2-11,17-18,29H,12-16H2,1H3,(H,26,30). The molecule has 0 spiro atoms. The molecule has 0 unspecified atom stereocenters. The summed E-state index contributed by atoms with van der Waals surface area (Å²) >= 11 is 0. The molecule has 6 heteroatoms. The van der Waals surface area contributed by atoms with Crippen LogP contribution in [0.4, 0.5) is 16.2 Å². The molecular weight excluding hydrogens is 390 g/mol. The Kier molecular flexibility index (Phi) is 6.26. The van der Waals surface area contributed by atoms with Crippen molar-refractivity contribution in [2.45, 2.75) is 6.42 Å². The quantitative estimate of drug-likeness (QED) is 0.648. The molecule has 4 rings (SSSR count). The number of benzene rings is 3. The van der Waals surface area contributed by atoms with E-state index in [1.807, 2.05) is 53.4 Å². The Morgan fingerprint density at radius 2 is 1.74 bits per heavy atom. The van der Waals surface area contributed by atoms with Crippen molar-refractivity contribution in [2.75, 3.05) is 43.5 Å². The van der Waals surface area contributed by atoms with E-state index in [0.717, 1.165) is 42.2 Å². The highest BCUT2D eigenvalue weighted by atomic mass is 16.5. The number of anilines is 2. The number of hydrogen-bond acceptors (Lipinski definition) is 4. The number of hydrogen-bond donors (Lipinski definition) is 2. The van der Waals surface area contributed by atoms with Gasteiger partial charge in [-0.15, -0.1) is 0 Å². The van der Waals surface area contributed by atoms with Crippen molar-refractivity contribution >= 4 is 17.4 Å². The van der Waals surface area contributed by atoms with Crippen LogP contribution in [-0.2, 0) is 6.42 Å². The molecule has 3 aromatic rings. The van der Waals surface area contributed by atoms with Crippen molar-refractivity contribution < 1.29 is 14.6 Å². The van der Waals surface area contributed by atoms with E-state index in [4.69, 9.17) is 4.74 Å². The van der Waals surface area contributed by atoms with Gasteiger partial charge in [-0.05, 0) is 35.9 Å². The van der Waals surface area contributed by atoms with Gasteiger partial charge < -0.3 is 25.0 Å². The third-order valence-electron chi connectivity index (χ3n) is 5.53. The number of amides is 2. The molecule has 2 N–H and O–H groups in total. The summed E-state index contributed by atoms with van der Waals surface area (Å²) in [5.41, 5.74) is 3.94. The second-order valence-corrected chi connectivity index (χ2v) is 7.61. The number of rotatable bonds is 5. The number of carbonyl (C=O) groups excluding carboxylic acids is 1. The molecule has 0 saturated carbocycles. The Labute approximate surface area is 182 Å². The lowest BCUT2D eigenvalue weighted by Crippen LogP contribution is -2.50. The molecule has 1 aliphatic rings. The van der Waals surface area contributed by atoms with Crippen LogP contribution in [0.15, 0.2) is 72.8 Å². The minimum Gasteiger partial charge on any atom is -0.508 e. The molecule has 0 aliphatic carbocycles. The van der Waals surface area contributed by atoms with Crippen molar-refractivity contribution in [3.63, 3.8) is 0 Å². The van der Waals surface area contributed by atoms with E-state index in [9.17, 15) is 9.90 Å². The number of nitrogens with zero attached hydrogens (tertiary/aromatic N) is 2. The summed E-state index contributed by atoms with van der Waals surface area (Å²) in [7, 11) is 1.66. The Morgan fingerprint density at radius 1 is 0.968 bits per heavy atom. The average Bonchev–Trinajstić information content (AvgIpc) is 2.80. The Balaban J connectivity index is 1.39. The first-order valence-electron chi connectivity index (χ1n) is 10.4. The molecule has 1 fully saturated rings. The maximum absolute atomic E-state index is 12.8. The summed E-state index contributed by atoms with van der Waals surface area (Å²) in [6.45, 7) is 2.68. The SMILES string of the molecule is COc1ccc(NC(=O)N2CCN(c3cccc(O)c3)CC2)cc1Cc1ccccc1.